The topological polar surface area (TPSA) is 61.9 Å². The summed E-state index contributed by atoms with van der Waals surface area (Å²) >= 11 is 3.45. The monoisotopic (exact) mass is 369 g/mol. The van der Waals surface area contributed by atoms with E-state index >= 15 is 0 Å². The highest BCUT2D eigenvalue weighted by atomic mass is 79.9. The molecular weight excluding hydrogens is 350 g/mol. The second-order valence-corrected chi connectivity index (χ2v) is 5.92. The zero-order valence-electron chi connectivity index (χ0n) is 12.8. The Morgan fingerprint density at radius 1 is 1.23 bits per heavy atom. The summed E-state index contributed by atoms with van der Waals surface area (Å²) in [5, 5.41) is 2.87. The molecule has 22 heavy (non-hydrogen) atoms. The molecule has 1 aromatic carbocycles. The number of carbonyl (C=O) groups excluding carboxylic acids is 2. The third kappa shape index (κ3) is 4.13. The molecule has 120 valence electrons. The van der Waals surface area contributed by atoms with Gasteiger partial charge in [-0.3, -0.25) is 0 Å². The quantitative estimate of drug-likeness (QED) is 0.871. The molecule has 1 N–H and O–H groups in total. The average molecular weight is 370 g/mol. The lowest BCUT2D eigenvalue weighted by Crippen LogP contribution is -2.51. The van der Waals surface area contributed by atoms with Gasteiger partial charge in [0.25, 0.3) is 0 Å². The van der Waals surface area contributed by atoms with Gasteiger partial charge in [-0.15, -0.1) is 0 Å². The minimum Gasteiger partial charge on any atom is -0.450 e. The fourth-order valence-corrected chi connectivity index (χ4v) is 2.56. The van der Waals surface area contributed by atoms with Gasteiger partial charge in [0.1, 0.15) is 0 Å². The van der Waals surface area contributed by atoms with Crippen LogP contribution in [0, 0.1) is 6.92 Å². The van der Waals surface area contributed by atoms with Crippen molar-refractivity contribution >= 4 is 33.7 Å². The zero-order valence-corrected chi connectivity index (χ0v) is 14.4. The van der Waals surface area contributed by atoms with Crippen LogP contribution in [0.1, 0.15) is 12.5 Å². The van der Waals surface area contributed by atoms with E-state index in [4.69, 9.17) is 4.74 Å². The number of rotatable bonds is 2. The van der Waals surface area contributed by atoms with Gasteiger partial charge in [-0.2, -0.15) is 0 Å². The molecule has 1 saturated heterocycles. The lowest BCUT2D eigenvalue weighted by atomic mass is 10.2. The van der Waals surface area contributed by atoms with E-state index in [1.165, 1.54) is 0 Å². The van der Waals surface area contributed by atoms with Gasteiger partial charge in [0.05, 0.1) is 6.61 Å². The molecule has 1 aromatic rings. The molecule has 1 heterocycles. The summed E-state index contributed by atoms with van der Waals surface area (Å²) in [6.07, 6.45) is -0.315. The molecule has 0 unspecified atom stereocenters. The maximum atomic E-state index is 12.2. The van der Waals surface area contributed by atoms with E-state index in [1.807, 2.05) is 25.1 Å². The first-order chi connectivity index (χ1) is 10.5. The molecule has 0 atom stereocenters. The van der Waals surface area contributed by atoms with Crippen LogP contribution in [-0.4, -0.2) is 54.7 Å². The number of nitrogens with zero attached hydrogens (tertiary/aromatic N) is 2. The van der Waals surface area contributed by atoms with Crippen molar-refractivity contribution in [2.24, 2.45) is 0 Å². The number of benzene rings is 1. The van der Waals surface area contributed by atoms with E-state index in [0.29, 0.717) is 32.8 Å². The number of carbonyl (C=O) groups is 2. The van der Waals surface area contributed by atoms with Gasteiger partial charge < -0.3 is 19.9 Å². The first-order valence-electron chi connectivity index (χ1n) is 7.25. The average Bonchev–Trinajstić information content (AvgIpc) is 2.51. The SMILES string of the molecule is CCOC(=O)N1CCN(C(=O)Nc2ccc(C)c(Br)c2)CC1. The van der Waals surface area contributed by atoms with Gasteiger partial charge in [0.15, 0.2) is 0 Å². The lowest BCUT2D eigenvalue weighted by molar-refractivity contribution is 0.0868. The molecule has 3 amide bonds. The molecule has 0 saturated carbocycles. The first kappa shape index (κ1) is 16.6. The van der Waals surface area contributed by atoms with Gasteiger partial charge in [-0.25, -0.2) is 9.59 Å². The van der Waals surface area contributed by atoms with Gasteiger partial charge in [-0.1, -0.05) is 22.0 Å². The van der Waals surface area contributed by atoms with Gasteiger partial charge in [0, 0.05) is 36.3 Å². The molecule has 2 rings (SSSR count). The third-order valence-corrected chi connectivity index (χ3v) is 4.37. The van der Waals surface area contributed by atoms with Crippen LogP contribution < -0.4 is 5.32 Å². The molecule has 1 aliphatic heterocycles. The Morgan fingerprint density at radius 3 is 2.45 bits per heavy atom. The number of hydrogen-bond donors (Lipinski definition) is 1. The Labute approximate surface area is 138 Å². The van der Waals surface area contributed by atoms with Crippen LogP contribution in [0.5, 0.6) is 0 Å². The van der Waals surface area contributed by atoms with Crippen LogP contribution in [0.15, 0.2) is 22.7 Å². The fraction of sp³-hybridized carbons (Fsp3) is 0.467. The van der Waals surface area contributed by atoms with Crippen LogP contribution in [0.2, 0.25) is 0 Å². The number of amides is 3. The summed E-state index contributed by atoms with van der Waals surface area (Å²) in [7, 11) is 0. The number of aryl methyl sites for hydroxylation is 1. The maximum Gasteiger partial charge on any atom is 0.409 e. The zero-order chi connectivity index (χ0) is 16.1. The Balaban J connectivity index is 1.87. The minimum absolute atomic E-state index is 0.153. The molecule has 0 radical (unpaired) electrons. The molecule has 1 fully saturated rings. The number of piperazine rings is 1. The fourth-order valence-electron chi connectivity index (χ4n) is 2.18. The number of nitrogens with one attached hydrogen (secondary N) is 1. The second kappa shape index (κ2) is 7.49. The van der Waals surface area contributed by atoms with Crippen LogP contribution in [0.4, 0.5) is 15.3 Å². The van der Waals surface area contributed by atoms with Gasteiger partial charge in [-0.05, 0) is 31.5 Å². The van der Waals surface area contributed by atoms with Crippen molar-refractivity contribution < 1.29 is 14.3 Å². The van der Waals surface area contributed by atoms with E-state index < -0.39 is 0 Å². The first-order valence-corrected chi connectivity index (χ1v) is 8.04. The van der Waals surface area contributed by atoms with Crippen molar-refractivity contribution in [1.29, 1.82) is 0 Å². The molecule has 0 aliphatic carbocycles. The van der Waals surface area contributed by atoms with Crippen molar-refractivity contribution in [1.82, 2.24) is 9.80 Å². The Kier molecular flexibility index (Phi) is 5.65. The summed E-state index contributed by atoms with van der Waals surface area (Å²) < 4.78 is 5.92. The predicted molar refractivity (Wildman–Crippen MR) is 88.1 cm³/mol. The highest BCUT2D eigenvalue weighted by Gasteiger charge is 2.24. The highest BCUT2D eigenvalue weighted by Crippen LogP contribution is 2.21. The Hall–Kier alpha value is -1.76. The third-order valence-electron chi connectivity index (χ3n) is 3.52. The normalized spacial score (nSPS) is 14.7. The van der Waals surface area contributed by atoms with Crippen LogP contribution in [-0.2, 0) is 4.74 Å². The lowest BCUT2D eigenvalue weighted by Gasteiger charge is -2.34. The second-order valence-electron chi connectivity index (χ2n) is 5.07. The number of ether oxygens (including phenoxy) is 1. The summed E-state index contributed by atoms with van der Waals surface area (Å²) in [6, 6.07) is 5.53. The molecule has 7 heteroatoms. The minimum atomic E-state index is -0.315. The molecule has 0 aromatic heterocycles. The molecular formula is C15H20BrN3O3. The molecule has 6 nitrogen and oxygen atoms in total. The molecule has 1 aliphatic rings. The predicted octanol–water partition coefficient (Wildman–Crippen LogP) is 3.06. The van der Waals surface area contributed by atoms with Crippen molar-refractivity contribution in [2.75, 3.05) is 38.1 Å². The summed E-state index contributed by atoms with van der Waals surface area (Å²) in [5.41, 5.74) is 1.86. The number of hydrogen-bond acceptors (Lipinski definition) is 3. The Morgan fingerprint density at radius 2 is 1.86 bits per heavy atom. The number of halogens is 1. The maximum absolute atomic E-state index is 12.2. The smallest absolute Gasteiger partial charge is 0.409 e. The van der Waals surface area contributed by atoms with Gasteiger partial charge in [0.2, 0.25) is 0 Å². The van der Waals surface area contributed by atoms with Crippen LogP contribution in [0.3, 0.4) is 0 Å². The van der Waals surface area contributed by atoms with E-state index in [-0.39, 0.29) is 12.1 Å². The summed E-state index contributed by atoms with van der Waals surface area (Å²) in [5.74, 6) is 0. The van der Waals surface area contributed by atoms with E-state index in [2.05, 4.69) is 21.2 Å². The van der Waals surface area contributed by atoms with Gasteiger partial charge >= 0.3 is 12.1 Å². The van der Waals surface area contributed by atoms with E-state index in [1.54, 1.807) is 16.7 Å². The largest absolute Gasteiger partial charge is 0.450 e. The number of urea groups is 1. The molecule has 0 bridgehead atoms. The molecule has 0 spiro atoms. The van der Waals surface area contributed by atoms with Crippen molar-refractivity contribution in [3.8, 4) is 0 Å². The summed E-state index contributed by atoms with van der Waals surface area (Å²) in [6.45, 7) is 6.11. The standard InChI is InChI=1S/C15H20BrN3O3/c1-3-22-15(21)19-8-6-18(7-9-19)14(20)17-12-5-4-11(2)13(16)10-12/h4-5,10H,3,6-9H2,1-2H3,(H,17,20). The van der Waals surface area contributed by atoms with Crippen molar-refractivity contribution in [2.45, 2.75) is 13.8 Å². The summed E-state index contributed by atoms with van der Waals surface area (Å²) in [4.78, 5) is 27.2. The van der Waals surface area contributed by atoms with Crippen molar-refractivity contribution in [3.05, 3.63) is 28.2 Å². The van der Waals surface area contributed by atoms with Crippen LogP contribution >= 0.6 is 15.9 Å². The Bertz CT molecular complexity index is 557. The highest BCUT2D eigenvalue weighted by molar-refractivity contribution is 9.10. The van der Waals surface area contributed by atoms with Crippen molar-refractivity contribution in [3.63, 3.8) is 0 Å². The number of anilines is 1. The van der Waals surface area contributed by atoms with Crippen LogP contribution in [0.25, 0.3) is 0 Å². The van der Waals surface area contributed by atoms with E-state index in [0.717, 1.165) is 15.7 Å². The van der Waals surface area contributed by atoms with E-state index in [9.17, 15) is 9.59 Å².